The topological polar surface area (TPSA) is 94.0 Å². The van der Waals surface area contributed by atoms with Gasteiger partial charge in [-0.1, -0.05) is 0 Å². The number of nitrogens with two attached hydrogens (primary N) is 1. The molecule has 0 spiro atoms. The van der Waals surface area contributed by atoms with Crippen molar-refractivity contribution in [2.75, 3.05) is 0 Å². The quantitative estimate of drug-likeness (QED) is 0.697. The molecule has 7 heteroatoms. The largest absolute Gasteiger partial charge is 0.508 e. The maximum absolute atomic E-state index is 11.3. The summed E-state index contributed by atoms with van der Waals surface area (Å²) in [6.45, 7) is 0. The van der Waals surface area contributed by atoms with Crippen LogP contribution in [-0.4, -0.2) is 25.9 Å². The highest BCUT2D eigenvalue weighted by atomic mass is 32.1. The molecule has 1 aromatic carbocycles. The van der Waals surface area contributed by atoms with Crippen LogP contribution in [0.15, 0.2) is 29.8 Å². The van der Waals surface area contributed by atoms with Crippen molar-refractivity contribution >= 4 is 27.7 Å². The Labute approximate surface area is 105 Å². The number of benzene rings is 1. The van der Waals surface area contributed by atoms with Gasteiger partial charge < -0.3 is 10.8 Å². The number of hydrogen-bond acceptors (Lipinski definition) is 5. The number of carbonyl (C=O) groups excluding carboxylic acids is 1. The first-order valence-electron chi connectivity index (χ1n) is 5.08. The van der Waals surface area contributed by atoms with E-state index in [1.165, 1.54) is 11.3 Å². The number of amides is 1. The van der Waals surface area contributed by atoms with E-state index in [0.717, 1.165) is 14.9 Å². The predicted octanol–water partition coefficient (Wildman–Crippen LogP) is 1.79. The van der Waals surface area contributed by atoms with Crippen LogP contribution >= 0.6 is 11.3 Å². The van der Waals surface area contributed by atoms with Gasteiger partial charge in [-0.25, -0.2) is 9.78 Å². The molecule has 18 heavy (non-hydrogen) atoms. The highest BCUT2D eigenvalue weighted by molar-refractivity contribution is 7.17. The summed E-state index contributed by atoms with van der Waals surface area (Å²) in [5.74, 6) is 0.175. The van der Waals surface area contributed by atoms with Gasteiger partial charge >= 0.3 is 6.03 Å². The van der Waals surface area contributed by atoms with Gasteiger partial charge in [-0.3, -0.25) is 0 Å². The molecule has 0 atom stereocenters. The van der Waals surface area contributed by atoms with Crippen LogP contribution in [0.5, 0.6) is 5.75 Å². The standard InChI is InChI=1S/C11H8N4O2S/c12-11(17)15-10-9(18-5-13-10)8(14-15)6-1-3-7(16)4-2-6/h1-5,16H,(H2,12,17). The van der Waals surface area contributed by atoms with Crippen molar-refractivity contribution in [3.63, 3.8) is 0 Å². The Morgan fingerprint density at radius 3 is 2.72 bits per heavy atom. The Bertz CT molecular complexity index is 729. The molecule has 3 rings (SSSR count). The maximum atomic E-state index is 11.3. The van der Waals surface area contributed by atoms with Gasteiger partial charge in [0.2, 0.25) is 0 Å². The number of thiazole rings is 1. The first kappa shape index (κ1) is 10.7. The molecule has 0 aliphatic heterocycles. The zero-order valence-electron chi connectivity index (χ0n) is 9.07. The van der Waals surface area contributed by atoms with Gasteiger partial charge in [0.25, 0.3) is 0 Å². The molecule has 3 aromatic rings. The molecule has 1 amide bonds. The highest BCUT2D eigenvalue weighted by Gasteiger charge is 2.17. The second-order valence-electron chi connectivity index (χ2n) is 3.65. The van der Waals surface area contributed by atoms with Crippen molar-refractivity contribution < 1.29 is 9.90 Å². The van der Waals surface area contributed by atoms with Crippen LogP contribution in [0.4, 0.5) is 4.79 Å². The summed E-state index contributed by atoms with van der Waals surface area (Å²) in [7, 11) is 0. The zero-order chi connectivity index (χ0) is 12.7. The number of hydrogen-bond donors (Lipinski definition) is 2. The fraction of sp³-hybridized carbons (Fsp3) is 0. The lowest BCUT2D eigenvalue weighted by Gasteiger charge is -1.97. The van der Waals surface area contributed by atoms with E-state index < -0.39 is 6.03 Å². The molecule has 2 heterocycles. The number of rotatable bonds is 1. The Balaban J connectivity index is 2.26. The summed E-state index contributed by atoms with van der Waals surface area (Å²) in [6.07, 6.45) is 0. The van der Waals surface area contributed by atoms with Gasteiger partial charge in [0.15, 0.2) is 5.65 Å². The van der Waals surface area contributed by atoms with E-state index in [9.17, 15) is 9.90 Å². The minimum Gasteiger partial charge on any atom is -0.508 e. The molecule has 0 bridgehead atoms. The molecule has 0 fully saturated rings. The maximum Gasteiger partial charge on any atom is 0.341 e. The zero-order valence-corrected chi connectivity index (χ0v) is 9.89. The van der Waals surface area contributed by atoms with Crippen LogP contribution in [0.1, 0.15) is 0 Å². The highest BCUT2D eigenvalue weighted by Crippen LogP contribution is 2.30. The summed E-state index contributed by atoms with van der Waals surface area (Å²) >= 11 is 1.39. The lowest BCUT2D eigenvalue weighted by molar-refractivity contribution is 0.248. The van der Waals surface area contributed by atoms with Crippen LogP contribution in [0.25, 0.3) is 21.6 Å². The van der Waals surface area contributed by atoms with E-state index >= 15 is 0 Å². The molecular formula is C11H8N4O2S. The fourth-order valence-corrected chi connectivity index (χ4v) is 2.48. The molecule has 0 radical (unpaired) electrons. The third-order valence-corrected chi connectivity index (χ3v) is 3.34. The fourth-order valence-electron chi connectivity index (χ4n) is 1.71. The number of fused-ring (bicyclic) bond motifs is 1. The molecule has 90 valence electrons. The summed E-state index contributed by atoms with van der Waals surface area (Å²) in [6, 6.07) is 5.90. The third kappa shape index (κ3) is 1.52. The molecule has 3 N–H and O–H groups in total. The number of aromatic hydroxyl groups is 1. The molecular weight excluding hydrogens is 252 g/mol. The van der Waals surface area contributed by atoms with Gasteiger partial charge in [-0.05, 0) is 24.3 Å². The SMILES string of the molecule is NC(=O)n1nc(-c2ccc(O)cc2)c2scnc21. The Kier molecular flexibility index (Phi) is 2.27. The monoisotopic (exact) mass is 260 g/mol. The molecule has 0 aliphatic rings. The summed E-state index contributed by atoms with van der Waals surface area (Å²) < 4.78 is 1.87. The normalized spacial score (nSPS) is 10.9. The van der Waals surface area contributed by atoms with E-state index in [1.54, 1.807) is 29.8 Å². The molecule has 0 saturated heterocycles. The van der Waals surface area contributed by atoms with Crippen LogP contribution in [0.3, 0.4) is 0 Å². The van der Waals surface area contributed by atoms with Gasteiger partial charge in [0, 0.05) is 5.56 Å². The van der Waals surface area contributed by atoms with Gasteiger partial charge in [0.1, 0.15) is 16.1 Å². The number of carbonyl (C=O) groups is 1. The molecule has 6 nitrogen and oxygen atoms in total. The average molecular weight is 260 g/mol. The molecule has 0 aliphatic carbocycles. The number of phenols is 1. The van der Waals surface area contributed by atoms with Crippen LogP contribution in [0.2, 0.25) is 0 Å². The number of aromatic nitrogens is 3. The van der Waals surface area contributed by atoms with Crippen molar-refractivity contribution in [3.8, 4) is 17.0 Å². The van der Waals surface area contributed by atoms with Crippen molar-refractivity contribution in [1.82, 2.24) is 14.8 Å². The first-order valence-corrected chi connectivity index (χ1v) is 5.96. The van der Waals surface area contributed by atoms with Crippen molar-refractivity contribution in [3.05, 3.63) is 29.8 Å². The van der Waals surface area contributed by atoms with Crippen LogP contribution < -0.4 is 5.73 Å². The summed E-state index contributed by atoms with van der Waals surface area (Å²) in [5, 5.41) is 13.4. The number of phenolic OH excluding ortho intramolecular Hbond substituents is 1. The number of primary amides is 1. The van der Waals surface area contributed by atoms with Crippen LogP contribution in [-0.2, 0) is 0 Å². The van der Waals surface area contributed by atoms with Gasteiger partial charge in [-0.2, -0.15) is 9.78 Å². The van der Waals surface area contributed by atoms with E-state index in [1.807, 2.05) is 0 Å². The van der Waals surface area contributed by atoms with Crippen molar-refractivity contribution in [1.29, 1.82) is 0 Å². The second-order valence-corrected chi connectivity index (χ2v) is 4.51. The Hall–Kier alpha value is -2.41. The van der Waals surface area contributed by atoms with Crippen molar-refractivity contribution in [2.45, 2.75) is 0 Å². The van der Waals surface area contributed by atoms with Gasteiger partial charge in [-0.15, -0.1) is 11.3 Å². The Morgan fingerprint density at radius 1 is 1.33 bits per heavy atom. The molecule has 0 saturated carbocycles. The third-order valence-electron chi connectivity index (χ3n) is 2.51. The Morgan fingerprint density at radius 2 is 2.06 bits per heavy atom. The van der Waals surface area contributed by atoms with E-state index in [0.29, 0.717) is 11.3 Å². The second kappa shape index (κ2) is 3.81. The minimum atomic E-state index is -0.670. The van der Waals surface area contributed by atoms with E-state index in [-0.39, 0.29) is 5.75 Å². The average Bonchev–Trinajstić information content (AvgIpc) is 2.91. The van der Waals surface area contributed by atoms with Gasteiger partial charge in [0.05, 0.1) is 5.51 Å². The van der Waals surface area contributed by atoms with Crippen molar-refractivity contribution in [2.24, 2.45) is 5.73 Å². The number of nitrogens with zero attached hydrogens (tertiary/aromatic N) is 3. The lowest BCUT2D eigenvalue weighted by atomic mass is 10.1. The van der Waals surface area contributed by atoms with Crippen LogP contribution in [0, 0.1) is 0 Å². The summed E-state index contributed by atoms with van der Waals surface area (Å²) in [5.41, 5.74) is 8.75. The molecule has 0 unspecified atom stereocenters. The first-order chi connectivity index (χ1) is 8.66. The summed E-state index contributed by atoms with van der Waals surface area (Å²) in [4.78, 5) is 15.3. The lowest BCUT2D eigenvalue weighted by Crippen LogP contribution is -2.20. The molecule has 2 aromatic heterocycles. The van der Waals surface area contributed by atoms with E-state index in [4.69, 9.17) is 5.73 Å². The van der Waals surface area contributed by atoms with E-state index in [2.05, 4.69) is 10.1 Å². The predicted molar refractivity (Wildman–Crippen MR) is 67.5 cm³/mol. The smallest absolute Gasteiger partial charge is 0.341 e. The minimum absolute atomic E-state index is 0.175.